The van der Waals surface area contributed by atoms with Gasteiger partial charge in [0.05, 0.1) is 43.1 Å². The summed E-state index contributed by atoms with van der Waals surface area (Å²) in [6.07, 6.45) is 3.76. The average Bonchev–Trinajstić information content (AvgIpc) is 3.12. The van der Waals surface area contributed by atoms with E-state index >= 15 is 0 Å². The number of hydrogen-bond acceptors (Lipinski definition) is 6. The van der Waals surface area contributed by atoms with Gasteiger partial charge in [0.2, 0.25) is 5.78 Å². The van der Waals surface area contributed by atoms with Crippen LogP contribution in [0.5, 0.6) is 0 Å². The third-order valence-corrected chi connectivity index (χ3v) is 4.62. The second-order valence-corrected chi connectivity index (χ2v) is 7.17. The summed E-state index contributed by atoms with van der Waals surface area (Å²) < 4.78 is 21.9. The highest BCUT2D eigenvalue weighted by atomic mass is 127. The van der Waals surface area contributed by atoms with Gasteiger partial charge in [-0.05, 0) is 40.3 Å². The molecule has 0 aliphatic rings. The fraction of sp³-hybridized carbons (Fsp3) is 0.278. The molecule has 0 saturated carbocycles. The number of aliphatic hydroxyl groups is 2. The van der Waals surface area contributed by atoms with Crippen LogP contribution in [0.3, 0.4) is 0 Å². The minimum Gasteiger partial charge on any atom is -0.394 e. The summed E-state index contributed by atoms with van der Waals surface area (Å²) in [4.78, 5) is 20.8. The number of aliphatic hydroxyl groups excluding tert-OH is 2. The van der Waals surface area contributed by atoms with Crippen LogP contribution in [0.4, 0.5) is 4.39 Å². The quantitative estimate of drug-likeness (QED) is 0.372. The zero-order valence-electron chi connectivity index (χ0n) is 14.2. The molecule has 7 nitrogen and oxygen atoms in total. The zero-order valence-corrected chi connectivity index (χ0v) is 16.3. The van der Waals surface area contributed by atoms with E-state index < -0.39 is 18.5 Å². The third-order valence-electron chi connectivity index (χ3n) is 3.95. The lowest BCUT2D eigenvalue weighted by molar-refractivity contribution is 0.00881. The Bertz CT molecular complexity index is 963. The van der Waals surface area contributed by atoms with Crippen molar-refractivity contribution in [3.8, 4) is 0 Å². The molecular formula is C18H17FIN3O4. The van der Waals surface area contributed by atoms with Crippen LogP contribution in [0, 0.1) is 9.39 Å². The van der Waals surface area contributed by atoms with Gasteiger partial charge < -0.3 is 14.9 Å². The van der Waals surface area contributed by atoms with Crippen molar-refractivity contribution in [3.63, 3.8) is 0 Å². The molecule has 0 aliphatic heterocycles. The lowest BCUT2D eigenvalue weighted by atomic mass is 10.1. The number of carbonyl (C=O) groups excluding carboxylic acids is 1. The van der Waals surface area contributed by atoms with Crippen LogP contribution in [0.2, 0.25) is 0 Å². The Labute approximate surface area is 168 Å². The van der Waals surface area contributed by atoms with Gasteiger partial charge in [0.1, 0.15) is 24.2 Å². The molecule has 9 heteroatoms. The van der Waals surface area contributed by atoms with E-state index in [1.165, 1.54) is 12.3 Å². The summed E-state index contributed by atoms with van der Waals surface area (Å²) in [7, 11) is 0. The molecule has 0 unspecified atom stereocenters. The standard InChI is InChI=1S/C18H17FIN3O4/c19-15-4-12(20)2-1-11(15)3-16-18(17(26)9-27-8-14(25)7-24)22-6-13-5-21-10-23(13)16/h1-2,4-6,10,14,24-25H,3,7-9H2/t14-/m1/s1. The van der Waals surface area contributed by atoms with Crippen LogP contribution in [0.25, 0.3) is 5.52 Å². The van der Waals surface area contributed by atoms with Crippen LogP contribution in [-0.4, -0.2) is 56.3 Å². The maximum absolute atomic E-state index is 14.3. The van der Waals surface area contributed by atoms with E-state index in [9.17, 15) is 14.3 Å². The van der Waals surface area contributed by atoms with Crippen LogP contribution in [-0.2, 0) is 11.2 Å². The van der Waals surface area contributed by atoms with Gasteiger partial charge in [0, 0.05) is 9.99 Å². The molecule has 2 N–H and O–H groups in total. The first-order valence-electron chi connectivity index (χ1n) is 8.13. The van der Waals surface area contributed by atoms with E-state index in [2.05, 4.69) is 9.97 Å². The smallest absolute Gasteiger partial charge is 0.208 e. The number of aromatic nitrogens is 3. The number of rotatable bonds is 8. The van der Waals surface area contributed by atoms with E-state index in [4.69, 9.17) is 9.84 Å². The lowest BCUT2D eigenvalue weighted by Crippen LogP contribution is -2.23. The number of ether oxygens (including phenoxy) is 1. The molecule has 3 aromatic rings. The largest absolute Gasteiger partial charge is 0.394 e. The second kappa shape index (κ2) is 8.83. The van der Waals surface area contributed by atoms with Crippen LogP contribution < -0.4 is 0 Å². The van der Waals surface area contributed by atoms with E-state index in [1.54, 1.807) is 29.1 Å². The monoisotopic (exact) mass is 485 g/mol. The molecule has 0 spiro atoms. The van der Waals surface area contributed by atoms with Gasteiger partial charge in [-0.1, -0.05) is 6.07 Å². The molecule has 2 aromatic heterocycles. The predicted molar refractivity (Wildman–Crippen MR) is 103 cm³/mol. The summed E-state index contributed by atoms with van der Waals surface area (Å²) in [5.41, 5.74) is 1.77. The van der Waals surface area contributed by atoms with Crippen molar-refractivity contribution < 1.29 is 24.1 Å². The highest BCUT2D eigenvalue weighted by Crippen LogP contribution is 2.20. The van der Waals surface area contributed by atoms with Crippen LogP contribution in [0.15, 0.2) is 36.9 Å². The summed E-state index contributed by atoms with van der Waals surface area (Å²) in [5.74, 6) is -0.767. The molecule has 0 saturated heterocycles. The molecule has 0 amide bonds. The van der Waals surface area contributed by atoms with Crippen molar-refractivity contribution in [2.75, 3.05) is 19.8 Å². The first-order valence-corrected chi connectivity index (χ1v) is 9.21. The molecule has 2 heterocycles. The SMILES string of the molecule is O=C(COC[C@H](O)CO)c1ncc2cncn2c1Cc1ccc(I)cc1F. The number of benzene rings is 1. The summed E-state index contributed by atoms with van der Waals surface area (Å²) in [6, 6.07) is 4.90. The Morgan fingerprint density at radius 1 is 1.37 bits per heavy atom. The average molecular weight is 485 g/mol. The Kier molecular flexibility index (Phi) is 6.47. The van der Waals surface area contributed by atoms with Crippen molar-refractivity contribution in [1.82, 2.24) is 14.4 Å². The molecule has 27 heavy (non-hydrogen) atoms. The first kappa shape index (κ1) is 19.8. The van der Waals surface area contributed by atoms with E-state index in [1.807, 2.05) is 22.6 Å². The number of carbonyl (C=O) groups is 1. The topological polar surface area (TPSA) is 97.0 Å². The molecular weight excluding hydrogens is 468 g/mol. The maximum atomic E-state index is 14.3. The number of hydrogen-bond donors (Lipinski definition) is 2. The minimum absolute atomic E-state index is 0.150. The van der Waals surface area contributed by atoms with Crippen molar-refractivity contribution in [3.05, 3.63) is 63.3 Å². The molecule has 0 fully saturated rings. The molecule has 142 valence electrons. The lowest BCUT2D eigenvalue weighted by Gasteiger charge is -2.13. The fourth-order valence-corrected chi connectivity index (χ4v) is 3.05. The number of halogens is 2. The van der Waals surface area contributed by atoms with E-state index in [0.29, 0.717) is 16.8 Å². The van der Waals surface area contributed by atoms with E-state index in [0.717, 1.165) is 3.57 Å². The molecule has 0 radical (unpaired) electrons. The van der Waals surface area contributed by atoms with Gasteiger partial charge in [-0.2, -0.15) is 0 Å². The number of fused-ring (bicyclic) bond motifs is 1. The molecule has 0 aliphatic carbocycles. The summed E-state index contributed by atoms with van der Waals surface area (Å²) in [5, 5.41) is 18.1. The zero-order chi connectivity index (χ0) is 19.4. The molecule has 1 aromatic carbocycles. The van der Waals surface area contributed by atoms with Gasteiger partial charge in [0.25, 0.3) is 0 Å². The molecule has 0 bridgehead atoms. The maximum Gasteiger partial charge on any atom is 0.208 e. The Hall–Kier alpha value is -1.95. The van der Waals surface area contributed by atoms with Crippen LogP contribution in [0.1, 0.15) is 21.7 Å². The highest BCUT2D eigenvalue weighted by molar-refractivity contribution is 14.1. The van der Waals surface area contributed by atoms with Crippen molar-refractivity contribution in [2.24, 2.45) is 0 Å². The molecule has 3 rings (SSSR count). The number of ketones is 1. The fourth-order valence-electron chi connectivity index (χ4n) is 2.60. The van der Waals surface area contributed by atoms with Crippen molar-refractivity contribution in [2.45, 2.75) is 12.5 Å². The Morgan fingerprint density at radius 2 is 2.19 bits per heavy atom. The third kappa shape index (κ3) is 4.67. The van der Waals surface area contributed by atoms with E-state index in [-0.39, 0.29) is 31.1 Å². The van der Waals surface area contributed by atoms with Crippen LogP contribution >= 0.6 is 22.6 Å². The van der Waals surface area contributed by atoms with Gasteiger partial charge in [-0.3, -0.25) is 9.20 Å². The first-order chi connectivity index (χ1) is 13.0. The van der Waals surface area contributed by atoms with Gasteiger partial charge in [0.15, 0.2) is 0 Å². The number of nitrogens with zero attached hydrogens (tertiary/aromatic N) is 3. The Balaban J connectivity index is 1.91. The minimum atomic E-state index is -1.05. The predicted octanol–water partition coefficient (Wildman–Crippen LogP) is 1.62. The Morgan fingerprint density at radius 3 is 2.93 bits per heavy atom. The highest BCUT2D eigenvalue weighted by Gasteiger charge is 2.19. The number of imidazole rings is 1. The van der Waals surface area contributed by atoms with Gasteiger partial charge in [-0.25, -0.2) is 14.4 Å². The normalized spacial score (nSPS) is 12.4. The van der Waals surface area contributed by atoms with Gasteiger partial charge in [-0.15, -0.1) is 0 Å². The summed E-state index contributed by atoms with van der Waals surface area (Å²) in [6.45, 7) is -0.937. The molecule has 1 atom stereocenters. The van der Waals surface area contributed by atoms with Crippen molar-refractivity contribution >= 4 is 33.9 Å². The number of Topliss-reactive ketones (excluding diaryl/α,β-unsaturated/α-hetero) is 1. The van der Waals surface area contributed by atoms with Crippen molar-refractivity contribution in [1.29, 1.82) is 0 Å². The second-order valence-electron chi connectivity index (χ2n) is 5.93. The van der Waals surface area contributed by atoms with Gasteiger partial charge >= 0.3 is 0 Å². The summed E-state index contributed by atoms with van der Waals surface area (Å²) >= 11 is 2.03.